The largest absolute Gasteiger partial charge is 0.311 e. The van der Waals surface area contributed by atoms with E-state index in [2.05, 4.69) is 567 Å². The monoisotopic (exact) mass is 1820 g/mol. The highest BCUT2D eigenvalue weighted by molar-refractivity contribution is 6.24. The number of hydrogen-bond donors (Lipinski definition) is 0. The molecule has 26 aromatic rings. The normalized spacial score (nSPS) is 12.2. The van der Waals surface area contributed by atoms with Crippen LogP contribution in [0.3, 0.4) is 0 Å². The smallest absolute Gasteiger partial charge is 0.0541 e. The van der Waals surface area contributed by atoms with E-state index in [9.17, 15) is 0 Å². The molecule has 2 heterocycles. The SMILES string of the molecule is CC1(C)c2ccccc2-c2c(-c3ccc(-n4c5ccccc5c5cc(-c6ccc(N(c7ccc(-c8ccc(-c9ccccc9)cc8)cc7)c7ccc(-c8c9ccccc9c(-c9ccccc9)c9ccccc89)cc7)cc6)ccc54)cc3)cc(-c3ccc(N(c4ccc(-c5ccc6c(c5)c5ccccc5n6-c5ccccc5)cc4)c4ccc(-c5c6ccccc6c(-c6ccccc6)c6ccccc56)cc4)cc3)cc21. The van der Waals surface area contributed by atoms with Gasteiger partial charge in [0.25, 0.3) is 0 Å². The third-order valence-electron chi connectivity index (χ3n) is 30.1. The summed E-state index contributed by atoms with van der Waals surface area (Å²) in [5.41, 5.74) is 42.1. The van der Waals surface area contributed by atoms with Crippen LogP contribution >= 0.6 is 0 Å². The molecule has 0 atom stereocenters. The van der Waals surface area contributed by atoms with Gasteiger partial charge in [-0.25, -0.2) is 0 Å². The fourth-order valence-corrected chi connectivity index (χ4v) is 23.3. The zero-order valence-corrected chi connectivity index (χ0v) is 79.1. The van der Waals surface area contributed by atoms with Crippen LogP contribution in [-0.4, -0.2) is 9.13 Å². The molecule has 24 aromatic carbocycles. The number of anilines is 6. The van der Waals surface area contributed by atoms with Crippen LogP contribution in [0, 0.1) is 0 Å². The Morgan fingerprint density at radius 3 is 0.755 bits per heavy atom. The molecule has 1 aliphatic rings. The van der Waals surface area contributed by atoms with Crippen LogP contribution in [0.5, 0.6) is 0 Å². The van der Waals surface area contributed by atoms with Crippen LogP contribution in [0.25, 0.3) is 220 Å². The molecule has 0 aliphatic heterocycles. The second-order valence-electron chi connectivity index (χ2n) is 38.5. The second kappa shape index (κ2) is 34.6. The molecule has 143 heavy (non-hydrogen) atoms. The first kappa shape index (κ1) is 83.9. The van der Waals surface area contributed by atoms with E-state index in [-0.39, 0.29) is 5.41 Å². The van der Waals surface area contributed by atoms with E-state index in [1.54, 1.807) is 0 Å². The van der Waals surface area contributed by atoms with Gasteiger partial charge in [-0.15, -0.1) is 0 Å². The van der Waals surface area contributed by atoms with Crippen LogP contribution in [0.15, 0.2) is 534 Å². The van der Waals surface area contributed by atoms with Gasteiger partial charge in [0.1, 0.15) is 0 Å². The van der Waals surface area contributed by atoms with Gasteiger partial charge in [-0.05, 0) is 322 Å². The van der Waals surface area contributed by atoms with E-state index in [0.717, 1.165) is 95.5 Å². The fraction of sp³-hybridized carbons (Fsp3) is 0.0216. The first-order valence-electron chi connectivity index (χ1n) is 49.6. The van der Waals surface area contributed by atoms with E-state index >= 15 is 0 Å². The summed E-state index contributed by atoms with van der Waals surface area (Å²) in [6, 6.07) is 198. The Kier molecular flexibility index (Phi) is 20.3. The lowest BCUT2D eigenvalue weighted by Gasteiger charge is -2.27. The molecule has 0 spiro atoms. The predicted molar refractivity (Wildman–Crippen MR) is 606 cm³/mol. The van der Waals surface area contributed by atoms with E-state index in [0.29, 0.717) is 0 Å². The minimum absolute atomic E-state index is 0.269. The van der Waals surface area contributed by atoms with Crippen LogP contribution in [0.4, 0.5) is 34.1 Å². The highest BCUT2D eigenvalue weighted by atomic mass is 15.1. The number of hydrogen-bond acceptors (Lipinski definition) is 2. The summed E-state index contributed by atoms with van der Waals surface area (Å²) in [4.78, 5) is 4.82. The molecule has 4 heteroatoms. The second-order valence-corrected chi connectivity index (χ2v) is 38.5. The summed E-state index contributed by atoms with van der Waals surface area (Å²) >= 11 is 0. The Morgan fingerprint density at radius 1 is 0.147 bits per heavy atom. The Morgan fingerprint density at radius 2 is 0.392 bits per heavy atom. The number of aromatic nitrogens is 2. The maximum atomic E-state index is 2.48. The maximum Gasteiger partial charge on any atom is 0.0541 e. The first-order chi connectivity index (χ1) is 70.7. The van der Waals surface area contributed by atoms with Crippen molar-refractivity contribution >= 4 is 121 Å². The van der Waals surface area contributed by atoms with Gasteiger partial charge in [0.2, 0.25) is 0 Å². The zero-order valence-electron chi connectivity index (χ0n) is 79.1. The lowest BCUT2D eigenvalue weighted by atomic mass is 9.80. The Balaban J connectivity index is 0.524. The van der Waals surface area contributed by atoms with Crippen molar-refractivity contribution in [1.29, 1.82) is 0 Å². The van der Waals surface area contributed by atoms with E-state index in [4.69, 9.17) is 0 Å². The summed E-state index contributed by atoms with van der Waals surface area (Å²) in [5.74, 6) is 0. The Hall–Kier alpha value is -18.5. The first-order valence-corrected chi connectivity index (χ1v) is 49.6. The van der Waals surface area contributed by atoms with Gasteiger partial charge >= 0.3 is 0 Å². The molecule has 0 fully saturated rings. The number of para-hydroxylation sites is 3. The van der Waals surface area contributed by atoms with Crippen molar-refractivity contribution < 1.29 is 0 Å². The summed E-state index contributed by atoms with van der Waals surface area (Å²) in [7, 11) is 0. The van der Waals surface area contributed by atoms with E-state index in [1.165, 1.54) is 170 Å². The van der Waals surface area contributed by atoms with Gasteiger partial charge in [0.05, 0.1) is 22.1 Å². The Bertz CT molecular complexity index is 9320. The summed E-state index contributed by atoms with van der Waals surface area (Å²) in [6.45, 7) is 4.81. The molecule has 1 aliphatic carbocycles. The van der Waals surface area contributed by atoms with Gasteiger partial charge in [0.15, 0.2) is 0 Å². The molecule has 2 aromatic heterocycles. The number of nitrogens with zero attached hydrogens (tertiary/aromatic N) is 4. The van der Waals surface area contributed by atoms with E-state index in [1.807, 2.05) is 0 Å². The number of benzene rings is 24. The van der Waals surface area contributed by atoms with Crippen LogP contribution in [0.1, 0.15) is 25.0 Å². The molecule has 0 N–H and O–H groups in total. The molecule has 0 saturated carbocycles. The molecular weight excluding hydrogens is 1730 g/mol. The molecular formula is C139H94N4. The standard InChI is InChI=1S/C139H94N4/c1-139(2)128-48-26-23-47-124(128)138-125(89-105(90-129(138)139)97-61-77-110(78-62-97)141(109-75-59-95(60-76-109)103-69-85-132-126(87-103)114-37-24-27-49-130(114)142(132)106-35-13-6-14-36-106)112-83-67-102(68-84-112)137-122-45-21-17-41-118(122)135(100-33-11-5-12-34-100)119-42-18-22-46-123(119)137)98-63-79-113(80-64-98)143-131-50-28-25-38-115(131)127-88-104(70-86-133(127)143)96-57-73-108(74-58-96)140(107-71-55-94(56-72-107)93-53-51-92(52-54-93)91-29-7-3-8-30-91)111-81-65-101(66-82-111)136-120-43-19-15-39-116(120)134(99-31-9-4-10-32-99)117-40-16-20-44-121(117)136/h3-90H,1-2H3. The summed E-state index contributed by atoms with van der Waals surface area (Å²) in [5, 5.41) is 14.7. The van der Waals surface area contributed by atoms with Crippen LogP contribution < -0.4 is 9.80 Å². The van der Waals surface area contributed by atoms with Gasteiger partial charge in [0, 0.05) is 72.5 Å². The number of rotatable bonds is 18. The molecule has 27 rings (SSSR count). The third-order valence-corrected chi connectivity index (χ3v) is 30.1. The van der Waals surface area contributed by atoms with Crippen LogP contribution in [-0.2, 0) is 5.41 Å². The van der Waals surface area contributed by atoms with Gasteiger partial charge in [-0.1, -0.05) is 402 Å². The average Bonchev–Trinajstić information content (AvgIpc) is 1.70. The highest BCUT2D eigenvalue weighted by Gasteiger charge is 2.38. The molecule has 0 saturated heterocycles. The van der Waals surface area contributed by atoms with Crippen molar-refractivity contribution in [2.75, 3.05) is 9.80 Å². The topological polar surface area (TPSA) is 16.3 Å². The lowest BCUT2D eigenvalue weighted by Crippen LogP contribution is -2.15. The number of fused-ring (bicyclic) bond motifs is 13. The molecule has 4 nitrogen and oxygen atoms in total. The quantitative estimate of drug-likeness (QED) is 0.0796. The molecule has 0 bridgehead atoms. The third kappa shape index (κ3) is 14.4. The zero-order chi connectivity index (χ0) is 94.7. The lowest BCUT2D eigenvalue weighted by molar-refractivity contribution is 0.660. The Labute approximate surface area is 831 Å². The van der Waals surface area contributed by atoms with Crippen molar-refractivity contribution in [1.82, 2.24) is 9.13 Å². The summed E-state index contributed by atoms with van der Waals surface area (Å²) in [6.07, 6.45) is 0. The van der Waals surface area contributed by atoms with Crippen molar-refractivity contribution in [3.8, 4) is 134 Å². The van der Waals surface area contributed by atoms with Crippen molar-refractivity contribution in [2.24, 2.45) is 0 Å². The molecule has 0 radical (unpaired) electrons. The average molecular weight is 1820 g/mol. The predicted octanol–water partition coefficient (Wildman–Crippen LogP) is 38.4. The van der Waals surface area contributed by atoms with Crippen molar-refractivity contribution in [3.05, 3.63) is 545 Å². The van der Waals surface area contributed by atoms with Crippen molar-refractivity contribution in [3.63, 3.8) is 0 Å². The minimum atomic E-state index is -0.269. The summed E-state index contributed by atoms with van der Waals surface area (Å²) < 4.78 is 4.84. The fourth-order valence-electron chi connectivity index (χ4n) is 23.3. The molecule has 670 valence electrons. The molecule has 0 amide bonds. The molecule has 0 unspecified atom stereocenters. The highest BCUT2D eigenvalue weighted by Crippen LogP contribution is 2.56. The van der Waals surface area contributed by atoms with Gasteiger partial charge in [-0.2, -0.15) is 0 Å². The van der Waals surface area contributed by atoms with Crippen LogP contribution in [0.2, 0.25) is 0 Å². The maximum absolute atomic E-state index is 2.48. The van der Waals surface area contributed by atoms with Gasteiger partial charge < -0.3 is 18.9 Å². The van der Waals surface area contributed by atoms with Crippen molar-refractivity contribution in [2.45, 2.75) is 19.3 Å². The minimum Gasteiger partial charge on any atom is -0.311 e. The van der Waals surface area contributed by atoms with E-state index < -0.39 is 0 Å². The van der Waals surface area contributed by atoms with Gasteiger partial charge in [-0.3, -0.25) is 0 Å².